The molecule has 0 atom stereocenters. The van der Waals surface area contributed by atoms with E-state index >= 15 is 0 Å². The lowest BCUT2D eigenvalue weighted by Gasteiger charge is -1.81. The summed E-state index contributed by atoms with van der Waals surface area (Å²) in [7, 11) is 0. The minimum atomic E-state index is 0.891. The highest BCUT2D eigenvalue weighted by molar-refractivity contribution is 5.23. The van der Waals surface area contributed by atoms with Crippen LogP contribution in [0.5, 0.6) is 0 Å². The quantitative estimate of drug-likeness (QED) is 0.379. The Labute approximate surface area is 44.2 Å². The van der Waals surface area contributed by atoms with Gasteiger partial charge in [-0.1, -0.05) is 13.5 Å². The fraction of sp³-hybridized carbons (Fsp3) is 0.333. The second kappa shape index (κ2) is 3.30. The van der Waals surface area contributed by atoms with Gasteiger partial charge in [0.05, 0.1) is 0 Å². The molecule has 0 aliphatic carbocycles. The standard InChI is InChI=1S/C6H9N/c1-3-6(2)4-5-7/h2-3,7H2,1H3. The van der Waals surface area contributed by atoms with Crippen molar-refractivity contribution in [2.45, 2.75) is 13.3 Å². The van der Waals surface area contributed by atoms with Gasteiger partial charge in [0.1, 0.15) is 0 Å². The Balaban J connectivity index is 3.52. The molecule has 38 valence electrons. The van der Waals surface area contributed by atoms with Crippen LogP contribution < -0.4 is 5.73 Å². The molecule has 0 aliphatic heterocycles. The van der Waals surface area contributed by atoms with E-state index in [-0.39, 0.29) is 0 Å². The molecule has 0 rings (SSSR count). The Kier molecular flexibility index (Phi) is 2.87. The number of rotatable bonds is 1. The normalized spacial score (nSPS) is 6.43. The van der Waals surface area contributed by atoms with Gasteiger partial charge in [0, 0.05) is 6.04 Å². The molecule has 0 bridgehead atoms. The Hall–Kier alpha value is -0.900. The van der Waals surface area contributed by atoms with Gasteiger partial charge < -0.3 is 5.73 Å². The van der Waals surface area contributed by atoms with Crippen molar-refractivity contribution in [2.24, 2.45) is 5.73 Å². The molecular formula is C6H9N. The lowest BCUT2D eigenvalue weighted by atomic mass is 10.2. The van der Waals surface area contributed by atoms with Gasteiger partial charge in [-0.25, -0.2) is 0 Å². The van der Waals surface area contributed by atoms with Crippen molar-refractivity contribution in [1.29, 1.82) is 0 Å². The topological polar surface area (TPSA) is 26.0 Å². The molecule has 0 unspecified atom stereocenters. The van der Waals surface area contributed by atoms with Crippen molar-refractivity contribution in [3.05, 3.63) is 12.2 Å². The molecule has 7 heavy (non-hydrogen) atoms. The van der Waals surface area contributed by atoms with Crippen molar-refractivity contribution in [3.63, 3.8) is 0 Å². The van der Waals surface area contributed by atoms with Crippen LogP contribution in [0.1, 0.15) is 13.3 Å². The summed E-state index contributed by atoms with van der Waals surface area (Å²) in [6.07, 6.45) is 0.893. The maximum atomic E-state index is 4.88. The fourth-order valence-corrected chi connectivity index (χ4v) is 0.190. The average molecular weight is 95.1 g/mol. The van der Waals surface area contributed by atoms with Crippen molar-refractivity contribution in [2.75, 3.05) is 0 Å². The first-order chi connectivity index (χ1) is 3.31. The lowest BCUT2D eigenvalue weighted by Crippen LogP contribution is -1.77. The van der Waals surface area contributed by atoms with E-state index in [0.29, 0.717) is 0 Å². The molecule has 0 fully saturated rings. The Morgan fingerprint density at radius 3 is 2.57 bits per heavy atom. The zero-order chi connectivity index (χ0) is 5.70. The van der Waals surface area contributed by atoms with Crippen LogP contribution in [0.4, 0.5) is 0 Å². The van der Waals surface area contributed by atoms with Crippen LogP contribution in [-0.4, -0.2) is 0 Å². The zero-order valence-electron chi connectivity index (χ0n) is 4.49. The average Bonchev–Trinajstić information content (AvgIpc) is 1.68. The minimum Gasteiger partial charge on any atom is -0.359 e. The monoisotopic (exact) mass is 95.1 g/mol. The highest BCUT2D eigenvalue weighted by Gasteiger charge is 1.75. The lowest BCUT2D eigenvalue weighted by molar-refractivity contribution is 1.17. The Morgan fingerprint density at radius 1 is 1.86 bits per heavy atom. The molecule has 0 heterocycles. The summed E-state index contributed by atoms with van der Waals surface area (Å²) in [6, 6.07) is 2.27. The molecule has 1 heteroatoms. The third-order valence-corrected chi connectivity index (χ3v) is 0.676. The molecule has 0 spiro atoms. The summed E-state index contributed by atoms with van der Waals surface area (Å²) in [6.45, 7) is 5.60. The van der Waals surface area contributed by atoms with E-state index in [2.05, 4.69) is 18.5 Å². The first-order valence-corrected chi connectivity index (χ1v) is 2.20. The van der Waals surface area contributed by atoms with E-state index < -0.39 is 0 Å². The summed E-state index contributed by atoms with van der Waals surface area (Å²) in [5.41, 5.74) is 5.77. The molecule has 1 nitrogen and oxygen atoms in total. The van der Waals surface area contributed by atoms with E-state index in [1.54, 1.807) is 0 Å². The number of hydrogen-bond donors (Lipinski definition) is 1. The van der Waals surface area contributed by atoms with Crippen LogP contribution in [0.3, 0.4) is 0 Å². The van der Waals surface area contributed by atoms with Gasteiger partial charge in [0.25, 0.3) is 0 Å². The van der Waals surface area contributed by atoms with Crippen LogP contribution in [-0.2, 0) is 0 Å². The highest BCUT2D eigenvalue weighted by atomic mass is 14.5. The predicted molar refractivity (Wildman–Crippen MR) is 31.4 cm³/mol. The van der Waals surface area contributed by atoms with E-state index in [1.165, 1.54) is 0 Å². The van der Waals surface area contributed by atoms with E-state index in [9.17, 15) is 0 Å². The molecule has 0 saturated carbocycles. The largest absolute Gasteiger partial charge is 0.359 e. The van der Waals surface area contributed by atoms with Gasteiger partial charge in [-0.2, -0.15) is 0 Å². The molecule has 0 aromatic rings. The van der Waals surface area contributed by atoms with Crippen molar-refractivity contribution in [1.82, 2.24) is 0 Å². The molecule has 0 amide bonds. The van der Waals surface area contributed by atoms with E-state index in [1.807, 2.05) is 6.92 Å². The molecule has 2 N–H and O–H groups in total. The molecule has 0 aromatic heterocycles. The Bertz CT molecular complexity index is 114. The van der Waals surface area contributed by atoms with Crippen LogP contribution in [0.25, 0.3) is 0 Å². The second-order valence-corrected chi connectivity index (χ2v) is 1.23. The van der Waals surface area contributed by atoms with E-state index in [4.69, 9.17) is 5.73 Å². The molecule has 0 radical (unpaired) electrons. The van der Waals surface area contributed by atoms with E-state index in [0.717, 1.165) is 12.0 Å². The third-order valence-electron chi connectivity index (χ3n) is 0.676. The van der Waals surface area contributed by atoms with Gasteiger partial charge in [-0.15, -0.1) is 0 Å². The van der Waals surface area contributed by atoms with Gasteiger partial charge in [0.2, 0.25) is 0 Å². The summed E-state index contributed by atoms with van der Waals surface area (Å²) < 4.78 is 0. The summed E-state index contributed by atoms with van der Waals surface area (Å²) in [5, 5.41) is 0. The molecule has 0 aliphatic rings. The van der Waals surface area contributed by atoms with Crippen molar-refractivity contribution >= 4 is 0 Å². The maximum absolute atomic E-state index is 4.88. The smallest absolute Gasteiger partial charge is 0.00663 e. The van der Waals surface area contributed by atoms with Crippen molar-refractivity contribution in [3.8, 4) is 12.0 Å². The van der Waals surface area contributed by atoms with Gasteiger partial charge in [0.15, 0.2) is 0 Å². The molecular weight excluding hydrogens is 86.1 g/mol. The number of hydrogen-bond acceptors (Lipinski definition) is 1. The fourth-order valence-electron chi connectivity index (χ4n) is 0.190. The third kappa shape index (κ3) is 2.92. The maximum Gasteiger partial charge on any atom is 0.00663 e. The van der Waals surface area contributed by atoms with Crippen LogP contribution >= 0.6 is 0 Å². The number of nitrogens with two attached hydrogens (primary N) is 1. The van der Waals surface area contributed by atoms with Crippen LogP contribution in [0.15, 0.2) is 12.2 Å². The molecule has 0 saturated heterocycles. The SMILES string of the molecule is C=C(C#CN)CC. The predicted octanol–water partition coefficient (Wildman–Crippen LogP) is 0.872. The summed E-state index contributed by atoms with van der Waals surface area (Å²) >= 11 is 0. The van der Waals surface area contributed by atoms with Crippen LogP contribution in [0, 0.1) is 12.0 Å². The van der Waals surface area contributed by atoms with Crippen LogP contribution in [0.2, 0.25) is 0 Å². The summed E-state index contributed by atoms with van der Waals surface area (Å²) in [5.74, 6) is 2.63. The molecule has 0 aromatic carbocycles. The first kappa shape index (κ1) is 6.10. The Morgan fingerprint density at radius 2 is 2.43 bits per heavy atom. The zero-order valence-corrected chi connectivity index (χ0v) is 4.49. The summed E-state index contributed by atoms with van der Waals surface area (Å²) in [4.78, 5) is 0. The van der Waals surface area contributed by atoms with Gasteiger partial charge >= 0.3 is 0 Å². The van der Waals surface area contributed by atoms with Gasteiger partial charge in [-0.3, -0.25) is 0 Å². The van der Waals surface area contributed by atoms with Crippen molar-refractivity contribution < 1.29 is 0 Å². The highest BCUT2D eigenvalue weighted by Crippen LogP contribution is 1.89. The minimum absolute atomic E-state index is 0.891. The number of allylic oxidation sites excluding steroid dienone is 1. The second-order valence-electron chi connectivity index (χ2n) is 1.23. The van der Waals surface area contributed by atoms with Gasteiger partial charge in [-0.05, 0) is 17.9 Å². The first-order valence-electron chi connectivity index (χ1n) is 2.20.